The average Bonchev–Trinajstić information content (AvgIpc) is 3.11. The van der Waals surface area contributed by atoms with Gasteiger partial charge in [0.05, 0.1) is 0 Å². The number of rotatable bonds is 8. The van der Waals surface area contributed by atoms with Gasteiger partial charge in [-0.15, -0.1) is 11.3 Å². The number of halogens is 1. The van der Waals surface area contributed by atoms with Crippen molar-refractivity contribution in [2.75, 3.05) is 13.3 Å². The van der Waals surface area contributed by atoms with Crippen molar-refractivity contribution in [3.8, 4) is 0 Å². The molecular formula is C17H19ClNNaO4S. The summed E-state index contributed by atoms with van der Waals surface area (Å²) in [6.45, 7) is 0.110. The number of carbonyl (C=O) groups is 2. The van der Waals surface area contributed by atoms with Gasteiger partial charge in [-0.1, -0.05) is 29.8 Å². The molecule has 0 fully saturated rings. The number of hydrogen-bond acceptors (Lipinski definition) is 5. The van der Waals surface area contributed by atoms with E-state index in [1.165, 1.54) is 16.9 Å². The van der Waals surface area contributed by atoms with Crippen LogP contribution < -0.4 is 34.9 Å². The third-order valence-electron chi connectivity index (χ3n) is 3.18. The minimum absolute atomic E-state index is 0. The van der Waals surface area contributed by atoms with Crippen molar-refractivity contribution in [3.63, 3.8) is 0 Å². The zero-order valence-corrected chi connectivity index (χ0v) is 17.6. The summed E-state index contributed by atoms with van der Waals surface area (Å²) < 4.78 is 9.62. The van der Waals surface area contributed by atoms with Gasteiger partial charge >= 0.3 is 41.6 Å². The van der Waals surface area contributed by atoms with Crippen LogP contribution in [0.5, 0.6) is 0 Å². The van der Waals surface area contributed by atoms with Crippen molar-refractivity contribution in [3.05, 3.63) is 57.2 Å². The molecule has 0 saturated carbocycles. The van der Waals surface area contributed by atoms with Crippen LogP contribution in [-0.4, -0.2) is 25.4 Å². The van der Waals surface area contributed by atoms with E-state index in [1.807, 2.05) is 24.3 Å². The van der Waals surface area contributed by atoms with Crippen LogP contribution >= 0.6 is 22.9 Å². The fourth-order valence-corrected chi connectivity index (χ4v) is 2.69. The molecule has 0 atom stereocenters. The summed E-state index contributed by atoms with van der Waals surface area (Å²) in [5.74, 6) is -0.499. The van der Waals surface area contributed by atoms with Crippen LogP contribution in [0.1, 0.15) is 29.5 Å². The van der Waals surface area contributed by atoms with Crippen molar-refractivity contribution in [2.45, 2.75) is 19.3 Å². The topological polar surface area (TPSA) is 64.6 Å². The Hall–Kier alpha value is -1.05. The molecule has 0 aliphatic heterocycles. The van der Waals surface area contributed by atoms with Crippen molar-refractivity contribution in [1.82, 2.24) is 5.32 Å². The van der Waals surface area contributed by atoms with E-state index in [1.54, 1.807) is 17.5 Å². The van der Waals surface area contributed by atoms with E-state index in [0.29, 0.717) is 11.4 Å². The fraction of sp³-hybridized carbons (Fsp3) is 0.294. The predicted octanol–water partition coefficient (Wildman–Crippen LogP) is 1.38. The van der Waals surface area contributed by atoms with Gasteiger partial charge in [0, 0.05) is 11.6 Å². The quantitative estimate of drug-likeness (QED) is 0.319. The molecule has 0 unspecified atom stereocenters. The molecule has 5 nitrogen and oxygen atoms in total. The summed E-state index contributed by atoms with van der Waals surface area (Å²) in [5, 5.41) is 5.11. The minimum atomic E-state index is -0.597. The van der Waals surface area contributed by atoms with Gasteiger partial charge in [0.1, 0.15) is 4.88 Å². The van der Waals surface area contributed by atoms with Crippen molar-refractivity contribution in [2.24, 2.45) is 0 Å². The Morgan fingerprint density at radius 2 is 1.88 bits per heavy atom. The molecule has 0 radical (unpaired) electrons. The maximum absolute atomic E-state index is 11.5. The van der Waals surface area contributed by atoms with Crippen molar-refractivity contribution in [1.29, 1.82) is 0 Å². The maximum atomic E-state index is 11.5. The number of thiophene rings is 1. The first-order valence-corrected chi connectivity index (χ1v) is 8.76. The molecular weight excluding hydrogens is 373 g/mol. The molecule has 0 spiro atoms. The molecule has 0 bridgehead atoms. The Bertz CT molecular complexity index is 655. The van der Waals surface area contributed by atoms with Gasteiger partial charge in [-0.2, -0.15) is 0 Å². The zero-order chi connectivity index (χ0) is 17.2. The van der Waals surface area contributed by atoms with Crippen LogP contribution in [0.15, 0.2) is 41.8 Å². The van der Waals surface area contributed by atoms with Gasteiger partial charge in [-0.25, -0.2) is 9.59 Å². The molecule has 1 heterocycles. The summed E-state index contributed by atoms with van der Waals surface area (Å²) in [4.78, 5) is 23.4. The maximum Gasteiger partial charge on any atom is 1.00 e. The summed E-state index contributed by atoms with van der Waals surface area (Å²) >= 11 is 7.10. The van der Waals surface area contributed by atoms with E-state index in [9.17, 15) is 9.59 Å². The number of aryl methyl sites for hydroxylation is 1. The average molecular weight is 392 g/mol. The van der Waals surface area contributed by atoms with E-state index >= 15 is 0 Å². The smallest absolute Gasteiger partial charge is 1.00 e. The van der Waals surface area contributed by atoms with Crippen molar-refractivity contribution < 1.29 is 50.0 Å². The molecule has 0 aliphatic rings. The number of unbranched alkanes of at least 4 members (excludes halogenated alkanes) is 1. The van der Waals surface area contributed by atoms with Crippen LogP contribution in [0.2, 0.25) is 5.02 Å². The number of benzene rings is 1. The number of amides is 1. The molecule has 25 heavy (non-hydrogen) atoms. The summed E-state index contributed by atoms with van der Waals surface area (Å²) in [6.07, 6.45) is 2.09. The normalized spacial score (nSPS) is 9.80. The van der Waals surface area contributed by atoms with Crippen molar-refractivity contribution >= 4 is 35.0 Å². The second-order valence-corrected chi connectivity index (χ2v) is 6.35. The molecule has 0 saturated heterocycles. The van der Waals surface area contributed by atoms with Gasteiger partial charge in [-0.3, -0.25) is 0 Å². The minimum Gasteiger partial charge on any atom is -1.00 e. The summed E-state index contributed by atoms with van der Waals surface area (Å²) in [5.41, 5.74) is 1.21. The van der Waals surface area contributed by atoms with Gasteiger partial charge in [0.25, 0.3) is 0 Å². The van der Waals surface area contributed by atoms with Crippen LogP contribution in [0, 0.1) is 0 Å². The number of esters is 1. The Labute approximate surface area is 179 Å². The Morgan fingerprint density at radius 3 is 2.56 bits per heavy atom. The van der Waals surface area contributed by atoms with Gasteiger partial charge in [0.15, 0.2) is 0 Å². The molecule has 8 heteroatoms. The number of nitrogens with one attached hydrogen (secondary N) is 1. The molecule has 1 aromatic heterocycles. The first-order chi connectivity index (χ1) is 11.6. The van der Waals surface area contributed by atoms with Gasteiger partial charge in [0.2, 0.25) is 6.79 Å². The Balaban J connectivity index is 0.00000312. The van der Waals surface area contributed by atoms with Crippen LogP contribution in [0.4, 0.5) is 4.79 Å². The summed E-state index contributed by atoms with van der Waals surface area (Å²) in [7, 11) is 0. The van der Waals surface area contributed by atoms with E-state index in [0.717, 1.165) is 24.3 Å². The van der Waals surface area contributed by atoms with E-state index in [2.05, 4.69) is 5.32 Å². The zero-order valence-electron chi connectivity index (χ0n) is 15.0. The monoisotopic (exact) mass is 391 g/mol. The SMILES string of the molecule is O=C(NCCCCc1ccc(Cl)cc1)OCOC(=O)c1cccs1.[H-].[Na+]. The first-order valence-electron chi connectivity index (χ1n) is 7.51. The molecule has 1 N–H and O–H groups in total. The fourth-order valence-electron chi connectivity index (χ4n) is 1.95. The number of hydrogen-bond donors (Lipinski definition) is 1. The van der Waals surface area contributed by atoms with E-state index < -0.39 is 18.9 Å². The van der Waals surface area contributed by atoms with Gasteiger partial charge < -0.3 is 16.2 Å². The molecule has 2 aromatic rings. The molecule has 1 aromatic carbocycles. The molecule has 130 valence electrons. The first kappa shape index (κ1) is 22.0. The van der Waals surface area contributed by atoms with Gasteiger partial charge in [-0.05, 0) is 48.4 Å². The second kappa shape index (κ2) is 12.3. The van der Waals surface area contributed by atoms with Crippen LogP contribution in [-0.2, 0) is 15.9 Å². The Kier molecular flexibility index (Phi) is 10.8. The van der Waals surface area contributed by atoms with Crippen LogP contribution in [0.25, 0.3) is 0 Å². The Morgan fingerprint density at radius 1 is 1.12 bits per heavy atom. The van der Waals surface area contributed by atoms with E-state index in [-0.39, 0.29) is 31.0 Å². The number of alkyl carbamates (subject to hydrolysis) is 1. The molecule has 2 rings (SSSR count). The standard InChI is InChI=1S/C17H18ClNO4S.Na.H/c18-14-8-6-13(7-9-14)4-1-2-10-19-17(21)23-12-22-16(20)15-5-3-11-24-15;;/h3,5-9,11H,1-2,4,10,12H2,(H,19,21);;/q;+1;-1. The van der Waals surface area contributed by atoms with E-state index in [4.69, 9.17) is 21.1 Å². The third kappa shape index (κ3) is 8.74. The number of ether oxygens (including phenoxy) is 2. The largest absolute Gasteiger partial charge is 1.00 e. The number of carbonyl (C=O) groups excluding carboxylic acids is 2. The van der Waals surface area contributed by atoms with Crippen LogP contribution in [0.3, 0.4) is 0 Å². The second-order valence-electron chi connectivity index (χ2n) is 4.97. The third-order valence-corrected chi connectivity index (χ3v) is 4.28. The molecule has 0 aliphatic carbocycles. The molecule has 1 amide bonds. The predicted molar refractivity (Wildman–Crippen MR) is 94.6 cm³/mol. The summed E-state index contributed by atoms with van der Waals surface area (Å²) in [6, 6.07) is 11.1.